The lowest BCUT2D eigenvalue weighted by Crippen LogP contribution is -2.38. The molecule has 2 bridgehead atoms. The van der Waals surface area contributed by atoms with Crippen molar-refractivity contribution in [3.63, 3.8) is 0 Å². The summed E-state index contributed by atoms with van der Waals surface area (Å²) in [6.45, 7) is 2.15. The first-order valence-corrected chi connectivity index (χ1v) is 6.83. The summed E-state index contributed by atoms with van der Waals surface area (Å²) in [5, 5.41) is 9.84. The van der Waals surface area contributed by atoms with Gasteiger partial charge in [0.1, 0.15) is 5.82 Å². The minimum absolute atomic E-state index is 0.253. The highest BCUT2D eigenvalue weighted by Gasteiger charge is 2.34. The zero-order valence-electron chi connectivity index (χ0n) is 10.8. The maximum absolute atomic E-state index is 11.6. The molecule has 5 rings (SSSR count). The lowest BCUT2D eigenvalue weighted by molar-refractivity contribution is -0.131. The summed E-state index contributed by atoms with van der Waals surface area (Å²) in [5.41, 5.74) is 2.50. The fourth-order valence-corrected chi connectivity index (χ4v) is 3.52. The Morgan fingerprint density at radius 3 is 2.70 bits per heavy atom. The van der Waals surface area contributed by atoms with E-state index in [1.165, 1.54) is 5.56 Å². The van der Waals surface area contributed by atoms with Crippen LogP contribution in [0.2, 0.25) is 0 Å². The number of carbonyl (C=O) groups excluding carboxylic acids is 1. The van der Waals surface area contributed by atoms with Crippen molar-refractivity contribution in [2.75, 3.05) is 18.0 Å². The molecule has 4 heterocycles. The summed E-state index contributed by atoms with van der Waals surface area (Å²) in [7, 11) is 0. The van der Waals surface area contributed by atoms with Crippen LogP contribution in [0.4, 0.5) is 5.82 Å². The van der Waals surface area contributed by atoms with Gasteiger partial charge in [0.2, 0.25) is 0 Å². The van der Waals surface area contributed by atoms with Gasteiger partial charge in [-0.3, -0.25) is 4.79 Å². The summed E-state index contributed by atoms with van der Waals surface area (Å²) in [4.78, 5) is 28.2. The van der Waals surface area contributed by atoms with E-state index in [-0.39, 0.29) is 5.56 Å². The van der Waals surface area contributed by atoms with Crippen LogP contribution in [0.25, 0.3) is 10.9 Å². The van der Waals surface area contributed by atoms with Gasteiger partial charge in [0.05, 0.1) is 0 Å². The number of H-pyrrole nitrogens is 1. The van der Waals surface area contributed by atoms with Crippen molar-refractivity contribution >= 4 is 28.5 Å². The molecule has 5 nitrogen and oxygen atoms in total. The monoisotopic (exact) mass is 270 g/mol. The number of rotatable bonds is 2. The van der Waals surface area contributed by atoms with Gasteiger partial charge in [-0.05, 0) is 37.0 Å². The van der Waals surface area contributed by atoms with Gasteiger partial charge in [0.25, 0.3) is 5.78 Å². The minimum Gasteiger partial charge on any atom is -0.475 e. The fraction of sp³-hybridized carbons (Fsp3) is 0.333. The average molecular weight is 270 g/mol. The van der Waals surface area contributed by atoms with Crippen molar-refractivity contribution in [1.29, 1.82) is 0 Å². The van der Waals surface area contributed by atoms with Crippen molar-refractivity contribution in [1.82, 2.24) is 4.98 Å². The standard InChI is InChI=1S/C15H14N2O3/c18-13(15(19)20)9-1-2-11-10(7-9)12-8-3-5-17(6-4-8)14(12)16-11/h1-2,7-8,16H,3-6H2,(H,19,20). The normalized spacial score (nSPS) is 17.5. The number of ketones is 1. The van der Waals surface area contributed by atoms with Crippen LogP contribution in [-0.4, -0.2) is 34.9 Å². The molecule has 1 fully saturated rings. The van der Waals surface area contributed by atoms with E-state index in [2.05, 4.69) is 9.88 Å². The molecule has 0 amide bonds. The zero-order valence-corrected chi connectivity index (χ0v) is 10.8. The first-order valence-electron chi connectivity index (χ1n) is 6.83. The fourth-order valence-electron chi connectivity index (χ4n) is 3.52. The Morgan fingerprint density at radius 1 is 1.25 bits per heavy atom. The number of Topliss-reactive ketones (excluding diaryl/α,β-unsaturated/α-hetero) is 1. The number of benzene rings is 1. The maximum Gasteiger partial charge on any atom is 0.377 e. The molecule has 0 unspecified atom stereocenters. The SMILES string of the molecule is O=C(O)C(=O)c1ccc2[nH]c3c(c2c1)C1CCN3CC1. The van der Waals surface area contributed by atoms with Crippen LogP contribution in [0.1, 0.15) is 34.7 Å². The summed E-state index contributed by atoms with van der Waals surface area (Å²) in [6, 6.07) is 5.12. The van der Waals surface area contributed by atoms with E-state index in [1.54, 1.807) is 12.1 Å². The summed E-state index contributed by atoms with van der Waals surface area (Å²) >= 11 is 0. The molecule has 1 saturated heterocycles. The third-order valence-electron chi connectivity index (χ3n) is 4.49. The van der Waals surface area contributed by atoms with E-state index in [0.29, 0.717) is 5.92 Å². The second-order valence-corrected chi connectivity index (χ2v) is 5.54. The second kappa shape index (κ2) is 3.85. The van der Waals surface area contributed by atoms with Crippen molar-refractivity contribution in [2.24, 2.45) is 0 Å². The van der Waals surface area contributed by atoms with E-state index < -0.39 is 11.8 Å². The number of aliphatic carboxylic acids is 1. The molecule has 0 radical (unpaired) electrons. The summed E-state index contributed by atoms with van der Waals surface area (Å²) in [5.74, 6) is -0.566. The van der Waals surface area contributed by atoms with Gasteiger partial charge in [-0.15, -0.1) is 0 Å². The molecule has 1 aromatic carbocycles. The molecule has 3 aliphatic heterocycles. The number of carbonyl (C=O) groups is 2. The maximum atomic E-state index is 11.6. The number of fused-ring (bicyclic) bond motifs is 3. The van der Waals surface area contributed by atoms with Crippen molar-refractivity contribution in [3.8, 4) is 0 Å². The Hall–Kier alpha value is -2.30. The van der Waals surface area contributed by atoms with Crippen LogP contribution >= 0.6 is 0 Å². The number of carboxylic acid groups (broad SMARTS) is 1. The van der Waals surface area contributed by atoms with E-state index in [1.807, 2.05) is 6.07 Å². The molecule has 0 aliphatic carbocycles. The molecule has 2 N–H and O–H groups in total. The van der Waals surface area contributed by atoms with E-state index >= 15 is 0 Å². The first-order chi connectivity index (χ1) is 9.65. The Bertz CT molecular complexity index is 739. The molecule has 0 saturated carbocycles. The van der Waals surface area contributed by atoms with Gasteiger partial charge in [0.15, 0.2) is 0 Å². The number of aromatic amines is 1. The number of nitrogens with one attached hydrogen (secondary N) is 1. The van der Waals surface area contributed by atoms with Gasteiger partial charge in [-0.1, -0.05) is 0 Å². The van der Waals surface area contributed by atoms with Crippen molar-refractivity contribution in [3.05, 3.63) is 29.3 Å². The van der Waals surface area contributed by atoms with Crippen LogP contribution in [0, 0.1) is 0 Å². The third-order valence-corrected chi connectivity index (χ3v) is 4.49. The predicted molar refractivity (Wildman–Crippen MR) is 74.5 cm³/mol. The third kappa shape index (κ3) is 1.43. The highest BCUT2D eigenvalue weighted by Crippen LogP contribution is 2.45. The number of aromatic nitrogens is 1. The minimum atomic E-state index is -1.40. The summed E-state index contributed by atoms with van der Waals surface area (Å²) < 4.78 is 0. The molecule has 1 aromatic heterocycles. The second-order valence-electron chi connectivity index (χ2n) is 5.54. The Labute approximate surface area is 115 Å². The van der Waals surface area contributed by atoms with Crippen LogP contribution < -0.4 is 4.90 Å². The van der Waals surface area contributed by atoms with Gasteiger partial charge in [-0.2, -0.15) is 0 Å². The molecule has 5 heteroatoms. The number of hydrogen-bond donors (Lipinski definition) is 2. The molecule has 0 spiro atoms. The van der Waals surface area contributed by atoms with Crippen molar-refractivity contribution < 1.29 is 14.7 Å². The number of anilines is 1. The number of hydrogen-bond acceptors (Lipinski definition) is 3. The van der Waals surface area contributed by atoms with E-state index in [0.717, 1.165) is 42.7 Å². The molecular weight excluding hydrogens is 256 g/mol. The first kappa shape index (κ1) is 11.5. The number of piperidine rings is 1. The zero-order chi connectivity index (χ0) is 13.9. The predicted octanol–water partition coefficient (Wildman–Crippen LogP) is 2.13. The smallest absolute Gasteiger partial charge is 0.377 e. The van der Waals surface area contributed by atoms with Crippen LogP contribution in [-0.2, 0) is 4.79 Å². The largest absolute Gasteiger partial charge is 0.475 e. The van der Waals surface area contributed by atoms with Gasteiger partial charge < -0.3 is 15.0 Å². The lowest BCUT2D eigenvalue weighted by atomic mass is 9.84. The highest BCUT2D eigenvalue weighted by atomic mass is 16.4. The van der Waals surface area contributed by atoms with Crippen molar-refractivity contribution in [2.45, 2.75) is 18.8 Å². The van der Waals surface area contributed by atoms with Gasteiger partial charge in [-0.25, -0.2) is 4.79 Å². The quantitative estimate of drug-likeness (QED) is 0.647. The molecule has 2 aromatic rings. The van der Waals surface area contributed by atoms with E-state index in [4.69, 9.17) is 5.11 Å². The molecule has 20 heavy (non-hydrogen) atoms. The Kier molecular flexibility index (Phi) is 2.22. The Balaban J connectivity index is 1.93. The average Bonchev–Trinajstić information content (AvgIpc) is 2.88. The molecule has 3 aliphatic rings. The van der Waals surface area contributed by atoms with Crippen LogP contribution in [0.5, 0.6) is 0 Å². The van der Waals surface area contributed by atoms with Gasteiger partial charge in [0, 0.05) is 35.1 Å². The molecular formula is C15H14N2O3. The van der Waals surface area contributed by atoms with E-state index in [9.17, 15) is 9.59 Å². The number of nitrogens with zero attached hydrogens (tertiary/aromatic N) is 1. The summed E-state index contributed by atoms with van der Waals surface area (Å²) in [6.07, 6.45) is 2.27. The van der Waals surface area contributed by atoms with Crippen LogP contribution in [0.15, 0.2) is 18.2 Å². The molecule has 0 atom stereocenters. The van der Waals surface area contributed by atoms with Crippen LogP contribution in [0.3, 0.4) is 0 Å². The topological polar surface area (TPSA) is 73.4 Å². The Morgan fingerprint density at radius 2 is 2.00 bits per heavy atom. The number of carboxylic acids is 1. The highest BCUT2D eigenvalue weighted by molar-refractivity contribution is 6.40. The lowest BCUT2D eigenvalue weighted by Gasteiger charge is -2.40. The van der Waals surface area contributed by atoms with Gasteiger partial charge >= 0.3 is 5.97 Å². The molecule has 102 valence electrons.